The molecule has 4 aliphatic carbocycles. The molecule has 3 saturated carbocycles. The minimum atomic E-state index is 0.0360. The molecule has 4 fully saturated rings. The van der Waals surface area contributed by atoms with Gasteiger partial charge in [-0.15, -0.1) is 0 Å². The van der Waals surface area contributed by atoms with Crippen LogP contribution in [0, 0.1) is 34.5 Å². The lowest BCUT2D eigenvalue weighted by Crippen LogP contribution is -3.10. The Hall–Kier alpha value is -1.16. The van der Waals surface area contributed by atoms with Gasteiger partial charge in [0.1, 0.15) is 6.10 Å². The summed E-state index contributed by atoms with van der Waals surface area (Å²) in [4.78, 5) is 26.4. The van der Waals surface area contributed by atoms with E-state index in [1.165, 1.54) is 58.0 Å². The van der Waals surface area contributed by atoms with Crippen LogP contribution in [0.5, 0.6) is 0 Å². The van der Waals surface area contributed by atoms with Crippen LogP contribution < -0.4 is 4.90 Å². The molecule has 0 bridgehead atoms. The summed E-state index contributed by atoms with van der Waals surface area (Å²) in [6.07, 6.45) is 15.0. The molecular weight excluding hydrogens is 398 g/mol. The van der Waals surface area contributed by atoms with Gasteiger partial charge in [-0.3, -0.25) is 9.59 Å². The van der Waals surface area contributed by atoms with Gasteiger partial charge < -0.3 is 9.64 Å². The van der Waals surface area contributed by atoms with Crippen molar-refractivity contribution in [3.63, 3.8) is 0 Å². The van der Waals surface area contributed by atoms with Crippen molar-refractivity contribution in [3.8, 4) is 0 Å². The molecule has 1 aliphatic heterocycles. The highest BCUT2D eigenvalue weighted by Crippen LogP contribution is 2.66. The first-order chi connectivity index (χ1) is 15.3. The van der Waals surface area contributed by atoms with Gasteiger partial charge in [0, 0.05) is 12.8 Å². The number of fused-ring (bicyclic) bond motifs is 5. The maximum absolute atomic E-state index is 12.5. The fourth-order valence-corrected chi connectivity index (χ4v) is 9.09. The molecule has 0 aromatic rings. The number of nitrogens with one attached hydrogen (secondary N) is 1. The average molecular weight is 443 g/mol. The number of ether oxygens (including phenoxy) is 1. The predicted octanol–water partition coefficient (Wildman–Crippen LogP) is 4.14. The summed E-state index contributed by atoms with van der Waals surface area (Å²) in [7, 11) is 0. The molecule has 4 heteroatoms. The Balaban J connectivity index is 1.20. The van der Waals surface area contributed by atoms with Crippen LogP contribution in [0.3, 0.4) is 0 Å². The summed E-state index contributed by atoms with van der Waals surface area (Å²) >= 11 is 0. The monoisotopic (exact) mass is 442 g/mol. The van der Waals surface area contributed by atoms with E-state index in [1.807, 2.05) is 0 Å². The third-order valence-corrected chi connectivity index (χ3v) is 10.9. The van der Waals surface area contributed by atoms with Crippen molar-refractivity contribution in [2.45, 2.75) is 97.5 Å². The second-order valence-corrected chi connectivity index (χ2v) is 12.4. The van der Waals surface area contributed by atoms with E-state index in [1.54, 1.807) is 11.8 Å². The van der Waals surface area contributed by atoms with Gasteiger partial charge in [0.25, 0.3) is 0 Å². The molecule has 0 aromatic carbocycles. The number of rotatable bonds is 5. The molecule has 1 saturated heterocycles. The van der Waals surface area contributed by atoms with Crippen molar-refractivity contribution in [2.75, 3.05) is 19.6 Å². The highest BCUT2D eigenvalue weighted by Gasteiger charge is 2.59. The van der Waals surface area contributed by atoms with E-state index >= 15 is 0 Å². The first-order valence-corrected chi connectivity index (χ1v) is 13.6. The molecule has 1 N–H and O–H groups in total. The molecular formula is C28H44NO3+. The first-order valence-electron chi connectivity index (χ1n) is 13.6. The highest BCUT2D eigenvalue weighted by atomic mass is 16.5. The SMILES string of the molecule is CC(=O)C1=CC[C@@H]2[C@H]3CC[C@H]4C[C@@H](OC(=O)CC[NH+]5CCCC5)CC[C@]4(C)[C@@H]3CC[C@]12C. The number of hydrogen-bond donors (Lipinski definition) is 1. The number of likely N-dealkylation sites (tertiary alicyclic amines) is 1. The molecule has 32 heavy (non-hydrogen) atoms. The zero-order valence-corrected chi connectivity index (χ0v) is 20.6. The Morgan fingerprint density at radius 1 is 1.06 bits per heavy atom. The Morgan fingerprint density at radius 2 is 1.84 bits per heavy atom. The summed E-state index contributed by atoms with van der Waals surface area (Å²) in [6, 6.07) is 0. The molecule has 0 radical (unpaired) electrons. The van der Waals surface area contributed by atoms with E-state index in [4.69, 9.17) is 4.74 Å². The van der Waals surface area contributed by atoms with Crippen LogP contribution in [-0.4, -0.2) is 37.5 Å². The van der Waals surface area contributed by atoms with Gasteiger partial charge in [0.2, 0.25) is 0 Å². The molecule has 5 aliphatic rings. The van der Waals surface area contributed by atoms with Crippen LogP contribution in [-0.2, 0) is 14.3 Å². The zero-order valence-electron chi connectivity index (χ0n) is 20.6. The quantitative estimate of drug-likeness (QED) is 0.651. The Kier molecular flexibility index (Phi) is 6.05. The molecule has 0 amide bonds. The number of quaternary nitrogens is 1. The van der Waals surface area contributed by atoms with E-state index in [0.717, 1.165) is 43.2 Å². The number of Topliss-reactive ketones (excluding diaryl/α,β-unsaturated/α-hetero) is 1. The molecule has 1 heterocycles. The number of hydrogen-bond acceptors (Lipinski definition) is 3. The summed E-state index contributed by atoms with van der Waals surface area (Å²) in [5.41, 5.74) is 1.62. The van der Waals surface area contributed by atoms with Crippen molar-refractivity contribution in [3.05, 3.63) is 11.6 Å². The van der Waals surface area contributed by atoms with Gasteiger partial charge in [-0.25, -0.2) is 0 Å². The van der Waals surface area contributed by atoms with Crippen LogP contribution in [0.4, 0.5) is 0 Å². The lowest BCUT2D eigenvalue weighted by atomic mass is 9.44. The van der Waals surface area contributed by atoms with Gasteiger partial charge in [0.05, 0.1) is 26.1 Å². The second-order valence-electron chi connectivity index (χ2n) is 12.4. The molecule has 0 spiro atoms. The van der Waals surface area contributed by atoms with Gasteiger partial charge >= 0.3 is 5.97 Å². The first kappa shape index (κ1) is 22.6. The summed E-state index contributed by atoms with van der Waals surface area (Å²) in [5.74, 6) is 3.20. The minimum Gasteiger partial charge on any atom is -0.462 e. The third kappa shape index (κ3) is 3.79. The predicted molar refractivity (Wildman–Crippen MR) is 125 cm³/mol. The van der Waals surface area contributed by atoms with Crippen LogP contribution in [0.15, 0.2) is 11.6 Å². The van der Waals surface area contributed by atoms with E-state index < -0.39 is 0 Å². The highest BCUT2D eigenvalue weighted by molar-refractivity contribution is 5.95. The van der Waals surface area contributed by atoms with Crippen molar-refractivity contribution in [1.29, 1.82) is 0 Å². The number of esters is 1. The number of carbonyl (C=O) groups is 2. The molecule has 5 rings (SSSR count). The fourth-order valence-electron chi connectivity index (χ4n) is 9.09. The van der Waals surface area contributed by atoms with E-state index in [9.17, 15) is 9.59 Å². The molecule has 4 nitrogen and oxygen atoms in total. The molecule has 0 aromatic heterocycles. The van der Waals surface area contributed by atoms with Gasteiger partial charge in [0.15, 0.2) is 5.78 Å². The zero-order chi connectivity index (χ0) is 22.5. The van der Waals surface area contributed by atoms with Crippen molar-refractivity contribution in [2.24, 2.45) is 34.5 Å². The van der Waals surface area contributed by atoms with Crippen LogP contribution in [0.1, 0.15) is 91.4 Å². The number of ketones is 1. The summed E-state index contributed by atoms with van der Waals surface area (Å²) in [5, 5.41) is 0. The molecule has 7 atom stereocenters. The largest absolute Gasteiger partial charge is 0.462 e. The maximum Gasteiger partial charge on any atom is 0.311 e. The smallest absolute Gasteiger partial charge is 0.311 e. The standard InChI is InChI=1S/C28H43NO3/c1-19(30)23-8-9-24-22-7-6-20-18-21(32-26(31)12-17-29-15-4-5-16-29)10-13-27(20,2)25(22)11-14-28(23,24)3/h8,20-22,24-25H,4-7,9-18H2,1-3H3/p+1/t20-,21-,22+,24+,25+,27-,28+/m0/s1. The average Bonchev–Trinajstić information content (AvgIpc) is 3.39. The van der Waals surface area contributed by atoms with Crippen LogP contribution in [0.2, 0.25) is 0 Å². The topological polar surface area (TPSA) is 47.8 Å². The van der Waals surface area contributed by atoms with Gasteiger partial charge in [-0.05, 0) is 98.4 Å². The van der Waals surface area contributed by atoms with Crippen LogP contribution in [0.25, 0.3) is 0 Å². The van der Waals surface area contributed by atoms with Crippen LogP contribution >= 0.6 is 0 Å². The Bertz CT molecular complexity index is 784. The lowest BCUT2D eigenvalue weighted by molar-refractivity contribution is -0.886. The number of allylic oxidation sites excluding steroid dienone is 2. The Labute approximate surface area is 194 Å². The van der Waals surface area contributed by atoms with Crippen molar-refractivity contribution >= 4 is 11.8 Å². The van der Waals surface area contributed by atoms with E-state index in [-0.39, 0.29) is 17.5 Å². The summed E-state index contributed by atoms with van der Waals surface area (Å²) < 4.78 is 6.01. The second kappa shape index (κ2) is 8.56. The van der Waals surface area contributed by atoms with Crippen molar-refractivity contribution < 1.29 is 19.2 Å². The van der Waals surface area contributed by atoms with Gasteiger partial charge in [-0.1, -0.05) is 19.9 Å². The van der Waals surface area contributed by atoms with Gasteiger partial charge in [-0.2, -0.15) is 0 Å². The van der Waals surface area contributed by atoms with E-state index in [0.29, 0.717) is 29.5 Å². The normalized spacial score (nSPS) is 43.7. The lowest BCUT2D eigenvalue weighted by Gasteiger charge is -2.60. The summed E-state index contributed by atoms with van der Waals surface area (Å²) in [6.45, 7) is 10.1. The number of carbonyl (C=O) groups excluding carboxylic acids is 2. The molecule has 0 unspecified atom stereocenters. The van der Waals surface area contributed by atoms with E-state index in [2.05, 4.69) is 19.9 Å². The fraction of sp³-hybridized carbons (Fsp3) is 0.857. The molecule has 178 valence electrons. The van der Waals surface area contributed by atoms with Crippen molar-refractivity contribution in [1.82, 2.24) is 0 Å². The maximum atomic E-state index is 12.5. The Morgan fingerprint density at radius 3 is 2.59 bits per heavy atom. The third-order valence-electron chi connectivity index (χ3n) is 10.9. The minimum absolute atomic E-state index is 0.0360.